The van der Waals surface area contributed by atoms with Crippen molar-refractivity contribution in [3.63, 3.8) is 0 Å². The van der Waals surface area contributed by atoms with E-state index in [9.17, 15) is 18.0 Å². The number of anilines is 2. The summed E-state index contributed by atoms with van der Waals surface area (Å²) in [5.74, 6) is 0.942. The molecule has 0 bridgehead atoms. The highest BCUT2D eigenvalue weighted by atomic mass is 19.4. The van der Waals surface area contributed by atoms with Crippen molar-refractivity contribution < 1.29 is 18.0 Å². The zero-order valence-corrected chi connectivity index (χ0v) is 18.0. The van der Waals surface area contributed by atoms with Gasteiger partial charge >= 0.3 is 6.18 Å². The Morgan fingerprint density at radius 1 is 1.09 bits per heavy atom. The first-order valence-electron chi connectivity index (χ1n) is 10.9. The van der Waals surface area contributed by atoms with E-state index >= 15 is 0 Å². The molecule has 0 saturated carbocycles. The zero-order chi connectivity index (χ0) is 23.2. The van der Waals surface area contributed by atoms with Crippen molar-refractivity contribution in [1.82, 2.24) is 14.5 Å². The van der Waals surface area contributed by atoms with Gasteiger partial charge in [-0.1, -0.05) is 12.6 Å². The van der Waals surface area contributed by atoms with E-state index in [2.05, 4.69) is 22.7 Å². The van der Waals surface area contributed by atoms with E-state index in [1.807, 2.05) is 12.1 Å². The number of nitrogens with one attached hydrogen (secondary N) is 1. The van der Waals surface area contributed by atoms with Crippen molar-refractivity contribution in [3.8, 4) is 11.3 Å². The standard InChI is InChI=1S/C25H23F3N4O/c1-2-23(33)32-13-11-19-16(14-32)5-10-20(24(19)21-15-31-12-3-4-22(31)30-21)29-18-8-6-17(7-9-18)25(26,27)28/h2,5-10,15,29H,1,3-4,11-14H2. The van der Waals surface area contributed by atoms with Crippen molar-refractivity contribution in [2.24, 2.45) is 0 Å². The Hall–Kier alpha value is -3.55. The molecule has 0 fully saturated rings. The molecule has 5 nitrogen and oxygen atoms in total. The number of hydrogen-bond acceptors (Lipinski definition) is 3. The number of halogens is 3. The molecule has 8 heteroatoms. The number of rotatable bonds is 4. The summed E-state index contributed by atoms with van der Waals surface area (Å²) in [6, 6.07) is 8.90. The molecular formula is C25H23F3N4O. The van der Waals surface area contributed by atoms with Crippen LogP contribution < -0.4 is 5.32 Å². The number of carbonyl (C=O) groups excluding carboxylic acids is 1. The molecule has 33 heavy (non-hydrogen) atoms. The van der Waals surface area contributed by atoms with Gasteiger partial charge in [0.1, 0.15) is 5.82 Å². The van der Waals surface area contributed by atoms with Crippen LogP contribution in [0.1, 0.15) is 28.9 Å². The lowest BCUT2D eigenvalue weighted by molar-refractivity contribution is -0.137. The maximum absolute atomic E-state index is 12.9. The zero-order valence-electron chi connectivity index (χ0n) is 18.0. The van der Waals surface area contributed by atoms with Crippen LogP contribution in [0.25, 0.3) is 11.3 Å². The molecular weight excluding hydrogens is 429 g/mol. The van der Waals surface area contributed by atoms with Gasteiger partial charge in [-0.05, 0) is 60.4 Å². The average molecular weight is 452 g/mol. The van der Waals surface area contributed by atoms with E-state index in [0.29, 0.717) is 25.2 Å². The molecule has 1 amide bonds. The molecule has 0 saturated heterocycles. The average Bonchev–Trinajstić information content (AvgIpc) is 3.40. The Labute approximate surface area is 189 Å². The van der Waals surface area contributed by atoms with Crippen LogP contribution in [0.3, 0.4) is 0 Å². The SMILES string of the molecule is C=CC(=O)N1CCc2c(ccc(Nc3ccc(C(F)(F)F)cc3)c2-c2cn3c(n2)CCC3)C1. The van der Waals surface area contributed by atoms with E-state index < -0.39 is 11.7 Å². The number of hydrogen-bond donors (Lipinski definition) is 1. The van der Waals surface area contributed by atoms with E-state index in [1.165, 1.54) is 18.2 Å². The van der Waals surface area contributed by atoms with Crippen molar-refractivity contribution in [1.29, 1.82) is 0 Å². The predicted molar refractivity (Wildman–Crippen MR) is 120 cm³/mol. The smallest absolute Gasteiger partial charge is 0.355 e. The number of carbonyl (C=O) groups is 1. The molecule has 0 radical (unpaired) electrons. The summed E-state index contributed by atoms with van der Waals surface area (Å²) in [6.45, 7) is 5.57. The second-order valence-electron chi connectivity index (χ2n) is 8.38. The van der Waals surface area contributed by atoms with Crippen molar-refractivity contribution in [2.45, 2.75) is 38.5 Å². The van der Waals surface area contributed by atoms with Crippen molar-refractivity contribution in [2.75, 3.05) is 11.9 Å². The summed E-state index contributed by atoms with van der Waals surface area (Å²) < 4.78 is 41.0. The van der Waals surface area contributed by atoms with Crippen LogP contribution in [0.15, 0.2) is 55.3 Å². The predicted octanol–water partition coefficient (Wildman–Crippen LogP) is 5.33. The maximum atomic E-state index is 12.9. The largest absolute Gasteiger partial charge is 0.416 e. The molecule has 1 aromatic heterocycles. The highest BCUT2D eigenvalue weighted by molar-refractivity contribution is 5.88. The van der Waals surface area contributed by atoms with Gasteiger partial charge in [0.25, 0.3) is 0 Å². The Morgan fingerprint density at radius 3 is 2.58 bits per heavy atom. The number of aromatic nitrogens is 2. The van der Waals surface area contributed by atoms with E-state index in [0.717, 1.165) is 65.4 Å². The fraction of sp³-hybridized carbons (Fsp3) is 0.280. The molecule has 1 N–H and O–H groups in total. The van der Waals surface area contributed by atoms with Crippen LogP contribution in [0.5, 0.6) is 0 Å². The molecule has 0 unspecified atom stereocenters. The van der Waals surface area contributed by atoms with Gasteiger partial charge in [-0.15, -0.1) is 0 Å². The van der Waals surface area contributed by atoms with Crippen LogP contribution in [-0.4, -0.2) is 26.9 Å². The fourth-order valence-corrected chi connectivity index (χ4v) is 4.64. The van der Waals surface area contributed by atoms with Gasteiger partial charge in [0.05, 0.1) is 11.3 Å². The lowest BCUT2D eigenvalue weighted by atomic mass is 9.91. The maximum Gasteiger partial charge on any atom is 0.416 e. The Balaban J connectivity index is 1.55. The number of imidazole rings is 1. The molecule has 0 aliphatic carbocycles. The highest BCUT2D eigenvalue weighted by Gasteiger charge is 2.30. The summed E-state index contributed by atoms with van der Waals surface area (Å²) in [4.78, 5) is 18.8. The number of amides is 1. The summed E-state index contributed by atoms with van der Waals surface area (Å²) in [6.07, 6.45) is 1.67. The van der Waals surface area contributed by atoms with Crippen molar-refractivity contribution >= 4 is 17.3 Å². The molecule has 5 rings (SSSR count). The fourth-order valence-electron chi connectivity index (χ4n) is 4.64. The number of benzene rings is 2. The second kappa shape index (κ2) is 8.10. The third-order valence-electron chi connectivity index (χ3n) is 6.30. The highest BCUT2D eigenvalue weighted by Crippen LogP contribution is 2.39. The molecule has 0 atom stereocenters. The van der Waals surface area contributed by atoms with Gasteiger partial charge in [0, 0.05) is 49.2 Å². The van der Waals surface area contributed by atoms with Crippen LogP contribution >= 0.6 is 0 Å². The van der Waals surface area contributed by atoms with Crippen LogP contribution in [0.4, 0.5) is 24.5 Å². The molecule has 3 heterocycles. The minimum atomic E-state index is -4.37. The van der Waals surface area contributed by atoms with Crippen LogP contribution in [-0.2, 0) is 36.9 Å². The van der Waals surface area contributed by atoms with E-state index in [4.69, 9.17) is 4.98 Å². The van der Waals surface area contributed by atoms with Gasteiger partial charge in [0.15, 0.2) is 0 Å². The van der Waals surface area contributed by atoms with Gasteiger partial charge in [-0.3, -0.25) is 4.79 Å². The monoisotopic (exact) mass is 452 g/mol. The summed E-state index contributed by atoms with van der Waals surface area (Å²) >= 11 is 0. The van der Waals surface area contributed by atoms with Gasteiger partial charge in [-0.2, -0.15) is 13.2 Å². The third-order valence-corrected chi connectivity index (χ3v) is 6.30. The summed E-state index contributed by atoms with van der Waals surface area (Å²) in [5, 5.41) is 3.30. The quantitative estimate of drug-likeness (QED) is 0.545. The van der Waals surface area contributed by atoms with E-state index in [-0.39, 0.29) is 5.91 Å². The lowest BCUT2D eigenvalue weighted by Gasteiger charge is -2.30. The number of nitrogens with zero attached hydrogens (tertiary/aromatic N) is 3. The third kappa shape index (κ3) is 4.01. The minimum absolute atomic E-state index is 0.102. The molecule has 3 aromatic rings. The van der Waals surface area contributed by atoms with Crippen molar-refractivity contribution in [3.05, 3.63) is 77.8 Å². The Kier molecular flexibility index (Phi) is 5.23. The minimum Gasteiger partial charge on any atom is -0.355 e. The summed E-state index contributed by atoms with van der Waals surface area (Å²) in [7, 11) is 0. The number of aryl methyl sites for hydroxylation is 2. The normalized spacial score (nSPS) is 15.2. The number of alkyl halides is 3. The molecule has 170 valence electrons. The molecule has 2 aliphatic heterocycles. The summed E-state index contributed by atoms with van der Waals surface area (Å²) in [5.41, 5.74) is 4.61. The molecule has 2 aromatic carbocycles. The second-order valence-corrected chi connectivity index (χ2v) is 8.38. The van der Waals surface area contributed by atoms with Gasteiger partial charge in [-0.25, -0.2) is 4.98 Å². The first kappa shape index (κ1) is 21.3. The molecule has 0 spiro atoms. The lowest BCUT2D eigenvalue weighted by Crippen LogP contribution is -2.35. The Morgan fingerprint density at radius 2 is 1.88 bits per heavy atom. The van der Waals surface area contributed by atoms with Gasteiger partial charge < -0.3 is 14.8 Å². The van der Waals surface area contributed by atoms with Crippen LogP contribution in [0.2, 0.25) is 0 Å². The van der Waals surface area contributed by atoms with Gasteiger partial charge in [0.2, 0.25) is 5.91 Å². The van der Waals surface area contributed by atoms with Crippen LogP contribution in [0, 0.1) is 0 Å². The topological polar surface area (TPSA) is 50.2 Å². The molecule has 2 aliphatic rings. The number of fused-ring (bicyclic) bond motifs is 2. The first-order valence-corrected chi connectivity index (χ1v) is 10.9. The van der Waals surface area contributed by atoms with E-state index in [1.54, 1.807) is 4.90 Å². The Bertz CT molecular complexity index is 1210. The first-order chi connectivity index (χ1) is 15.8.